The van der Waals surface area contributed by atoms with E-state index in [1.165, 1.54) is 6.20 Å². The van der Waals surface area contributed by atoms with Crippen molar-refractivity contribution in [1.29, 1.82) is 0 Å². The van der Waals surface area contributed by atoms with Gasteiger partial charge in [-0.1, -0.05) is 6.07 Å². The highest BCUT2D eigenvalue weighted by molar-refractivity contribution is 9.10. The first kappa shape index (κ1) is 14.5. The van der Waals surface area contributed by atoms with Gasteiger partial charge >= 0.3 is 0 Å². The number of aromatic nitrogens is 1. The standard InChI is InChI=1S/C15H15BrN2O2/c1-3-18(13-8-12(19)6-4-10(13)2)15(20)11-5-7-14(16)17-9-11/h4-9,19H,3H2,1-2H3. The number of hydrogen-bond donors (Lipinski definition) is 1. The fourth-order valence-corrected chi connectivity index (χ4v) is 2.20. The maximum Gasteiger partial charge on any atom is 0.259 e. The van der Waals surface area contributed by atoms with Crippen LogP contribution in [0.2, 0.25) is 0 Å². The molecule has 0 radical (unpaired) electrons. The molecule has 0 unspecified atom stereocenters. The summed E-state index contributed by atoms with van der Waals surface area (Å²) in [5.74, 6) is 0.00646. The van der Waals surface area contributed by atoms with Crippen molar-refractivity contribution in [2.24, 2.45) is 0 Å². The molecule has 2 rings (SSSR count). The molecule has 5 heteroatoms. The summed E-state index contributed by atoms with van der Waals surface area (Å²) in [5.41, 5.74) is 2.15. The smallest absolute Gasteiger partial charge is 0.259 e. The monoisotopic (exact) mass is 334 g/mol. The van der Waals surface area contributed by atoms with Crippen LogP contribution in [0.15, 0.2) is 41.1 Å². The van der Waals surface area contributed by atoms with Gasteiger partial charge in [0.15, 0.2) is 0 Å². The lowest BCUT2D eigenvalue weighted by atomic mass is 10.1. The minimum absolute atomic E-state index is 0.138. The molecule has 0 saturated heterocycles. The summed E-state index contributed by atoms with van der Waals surface area (Å²) >= 11 is 3.25. The second kappa shape index (κ2) is 6.05. The molecule has 1 N–H and O–H groups in total. The number of carbonyl (C=O) groups is 1. The van der Waals surface area contributed by atoms with Gasteiger partial charge in [-0.3, -0.25) is 4.79 Å². The van der Waals surface area contributed by atoms with Crippen LogP contribution in [0.4, 0.5) is 5.69 Å². The minimum Gasteiger partial charge on any atom is -0.508 e. The Kier molecular flexibility index (Phi) is 4.39. The van der Waals surface area contributed by atoms with E-state index in [0.717, 1.165) is 5.56 Å². The Labute approximate surface area is 126 Å². The topological polar surface area (TPSA) is 53.4 Å². The molecular formula is C15H15BrN2O2. The molecule has 0 atom stereocenters. The van der Waals surface area contributed by atoms with Gasteiger partial charge in [-0.05, 0) is 53.5 Å². The Morgan fingerprint density at radius 2 is 2.10 bits per heavy atom. The molecule has 2 aromatic rings. The highest BCUT2D eigenvalue weighted by Gasteiger charge is 2.18. The summed E-state index contributed by atoms with van der Waals surface area (Å²) < 4.78 is 0.686. The average Bonchev–Trinajstić information content (AvgIpc) is 2.44. The zero-order valence-corrected chi connectivity index (χ0v) is 12.9. The van der Waals surface area contributed by atoms with E-state index in [4.69, 9.17) is 0 Å². The molecule has 4 nitrogen and oxygen atoms in total. The fraction of sp³-hybridized carbons (Fsp3) is 0.200. The Morgan fingerprint density at radius 1 is 1.35 bits per heavy atom. The summed E-state index contributed by atoms with van der Waals surface area (Å²) in [6.07, 6.45) is 1.53. The third-order valence-electron chi connectivity index (χ3n) is 3.02. The highest BCUT2D eigenvalue weighted by Crippen LogP contribution is 2.26. The molecule has 1 aromatic carbocycles. The van der Waals surface area contributed by atoms with E-state index in [1.54, 1.807) is 35.2 Å². The van der Waals surface area contributed by atoms with Crippen LogP contribution in [0, 0.1) is 6.92 Å². The molecule has 0 aliphatic heterocycles. The maximum atomic E-state index is 12.5. The molecule has 20 heavy (non-hydrogen) atoms. The lowest BCUT2D eigenvalue weighted by molar-refractivity contribution is 0.0988. The van der Waals surface area contributed by atoms with Gasteiger partial charge in [-0.15, -0.1) is 0 Å². The van der Waals surface area contributed by atoms with Gasteiger partial charge in [-0.2, -0.15) is 0 Å². The van der Waals surface area contributed by atoms with E-state index in [-0.39, 0.29) is 11.7 Å². The quantitative estimate of drug-likeness (QED) is 0.873. The van der Waals surface area contributed by atoms with Gasteiger partial charge in [-0.25, -0.2) is 4.98 Å². The Balaban J connectivity index is 2.39. The van der Waals surface area contributed by atoms with Gasteiger partial charge in [0.25, 0.3) is 5.91 Å². The zero-order chi connectivity index (χ0) is 14.7. The van der Waals surface area contributed by atoms with Crippen LogP contribution < -0.4 is 4.90 Å². The normalized spacial score (nSPS) is 10.3. The van der Waals surface area contributed by atoms with Crippen LogP contribution in [0.1, 0.15) is 22.8 Å². The van der Waals surface area contributed by atoms with Crippen LogP contribution in [0.25, 0.3) is 0 Å². The molecule has 0 saturated carbocycles. The van der Waals surface area contributed by atoms with Gasteiger partial charge in [0.2, 0.25) is 0 Å². The minimum atomic E-state index is -0.138. The zero-order valence-electron chi connectivity index (χ0n) is 11.3. The van der Waals surface area contributed by atoms with Crippen molar-refractivity contribution in [2.45, 2.75) is 13.8 Å². The van der Waals surface area contributed by atoms with E-state index in [1.807, 2.05) is 13.8 Å². The first-order chi connectivity index (χ1) is 9.52. The van der Waals surface area contributed by atoms with Crippen LogP contribution in [0.3, 0.4) is 0 Å². The van der Waals surface area contributed by atoms with E-state index >= 15 is 0 Å². The summed E-state index contributed by atoms with van der Waals surface area (Å²) in [6, 6.07) is 8.46. The number of halogens is 1. The summed E-state index contributed by atoms with van der Waals surface area (Å²) in [5, 5.41) is 9.61. The third-order valence-corrected chi connectivity index (χ3v) is 3.49. The molecule has 1 heterocycles. The third kappa shape index (κ3) is 2.99. The van der Waals surface area contributed by atoms with Crippen LogP contribution in [-0.4, -0.2) is 22.5 Å². The number of nitrogens with zero attached hydrogens (tertiary/aromatic N) is 2. The second-order valence-corrected chi connectivity index (χ2v) is 5.20. The summed E-state index contributed by atoms with van der Waals surface area (Å²) in [4.78, 5) is 18.2. The molecular weight excluding hydrogens is 320 g/mol. The largest absolute Gasteiger partial charge is 0.508 e. The number of benzene rings is 1. The van der Waals surface area contributed by atoms with E-state index in [0.29, 0.717) is 22.4 Å². The number of pyridine rings is 1. The van der Waals surface area contributed by atoms with Gasteiger partial charge < -0.3 is 10.0 Å². The number of aromatic hydroxyl groups is 1. The lowest BCUT2D eigenvalue weighted by Gasteiger charge is -2.23. The number of hydrogen-bond acceptors (Lipinski definition) is 3. The Bertz CT molecular complexity index is 626. The molecule has 0 fully saturated rings. The Hall–Kier alpha value is -1.88. The lowest BCUT2D eigenvalue weighted by Crippen LogP contribution is -2.31. The fourth-order valence-electron chi connectivity index (χ4n) is 1.97. The number of rotatable bonds is 3. The predicted octanol–water partition coefficient (Wildman–Crippen LogP) is 3.52. The SMILES string of the molecule is CCN(C(=O)c1ccc(Br)nc1)c1cc(O)ccc1C. The molecule has 104 valence electrons. The van der Waals surface area contributed by atoms with Gasteiger partial charge in [0.1, 0.15) is 10.4 Å². The summed E-state index contributed by atoms with van der Waals surface area (Å²) in [6.45, 7) is 4.32. The Morgan fingerprint density at radius 3 is 2.70 bits per heavy atom. The van der Waals surface area contributed by atoms with E-state index in [2.05, 4.69) is 20.9 Å². The van der Waals surface area contributed by atoms with Crippen molar-refractivity contribution < 1.29 is 9.90 Å². The molecule has 0 aliphatic carbocycles. The predicted molar refractivity (Wildman–Crippen MR) is 82.1 cm³/mol. The molecule has 1 amide bonds. The number of phenolic OH excluding ortho intramolecular Hbond substituents is 1. The highest BCUT2D eigenvalue weighted by atomic mass is 79.9. The summed E-state index contributed by atoms with van der Waals surface area (Å²) in [7, 11) is 0. The second-order valence-electron chi connectivity index (χ2n) is 4.39. The number of amides is 1. The number of phenols is 1. The van der Waals surface area contributed by atoms with Crippen molar-refractivity contribution in [2.75, 3.05) is 11.4 Å². The molecule has 1 aromatic heterocycles. The van der Waals surface area contributed by atoms with E-state index in [9.17, 15) is 9.90 Å². The van der Waals surface area contributed by atoms with Crippen molar-refractivity contribution in [1.82, 2.24) is 4.98 Å². The molecule has 0 spiro atoms. The maximum absolute atomic E-state index is 12.5. The van der Waals surface area contributed by atoms with Crippen molar-refractivity contribution in [3.63, 3.8) is 0 Å². The molecule has 0 bridgehead atoms. The molecule has 0 aliphatic rings. The van der Waals surface area contributed by atoms with E-state index < -0.39 is 0 Å². The van der Waals surface area contributed by atoms with Crippen LogP contribution in [0.5, 0.6) is 5.75 Å². The number of anilines is 1. The number of aryl methyl sites for hydroxylation is 1. The first-order valence-electron chi connectivity index (χ1n) is 6.26. The van der Waals surface area contributed by atoms with Crippen molar-refractivity contribution in [3.05, 3.63) is 52.3 Å². The van der Waals surface area contributed by atoms with Crippen LogP contribution in [-0.2, 0) is 0 Å². The van der Waals surface area contributed by atoms with Crippen molar-refractivity contribution >= 4 is 27.5 Å². The average molecular weight is 335 g/mol. The van der Waals surface area contributed by atoms with Gasteiger partial charge in [0.05, 0.1) is 11.3 Å². The first-order valence-corrected chi connectivity index (χ1v) is 7.05. The van der Waals surface area contributed by atoms with Crippen molar-refractivity contribution in [3.8, 4) is 5.75 Å². The van der Waals surface area contributed by atoms with Crippen LogP contribution >= 0.6 is 15.9 Å². The van der Waals surface area contributed by atoms with Gasteiger partial charge in [0, 0.05) is 18.8 Å². The number of carbonyl (C=O) groups excluding carboxylic acids is 1.